The number of nitrogen functional groups attached to an aromatic ring is 1. The van der Waals surface area contributed by atoms with Gasteiger partial charge in [0.15, 0.2) is 5.82 Å². The van der Waals surface area contributed by atoms with E-state index in [2.05, 4.69) is 15.3 Å². The van der Waals surface area contributed by atoms with Crippen molar-refractivity contribution in [3.8, 4) is 0 Å². The van der Waals surface area contributed by atoms with Gasteiger partial charge < -0.3 is 15.8 Å². The summed E-state index contributed by atoms with van der Waals surface area (Å²) >= 11 is 5.83. The monoisotopic (exact) mass is 244 g/mol. The first-order chi connectivity index (χ1) is 7.54. The van der Waals surface area contributed by atoms with Crippen molar-refractivity contribution in [1.82, 2.24) is 9.97 Å². The van der Waals surface area contributed by atoms with E-state index in [0.717, 1.165) is 0 Å². The molecule has 0 radical (unpaired) electrons. The minimum Gasteiger partial charge on any atom is -0.464 e. The Balaban J connectivity index is 2.72. The fraction of sp³-hybridized carbons (Fsp3) is 0.444. The van der Waals surface area contributed by atoms with E-state index < -0.39 is 6.04 Å². The Hall–Kier alpha value is -1.56. The van der Waals surface area contributed by atoms with Crippen LogP contribution in [0.15, 0.2) is 6.20 Å². The van der Waals surface area contributed by atoms with Gasteiger partial charge in [-0.15, -0.1) is 0 Å². The fourth-order valence-corrected chi connectivity index (χ4v) is 1.16. The molecule has 1 aromatic rings. The number of aromatic nitrogens is 2. The normalized spacial score (nSPS) is 11.9. The van der Waals surface area contributed by atoms with E-state index in [-0.39, 0.29) is 11.9 Å². The first kappa shape index (κ1) is 12.5. The molecule has 0 aliphatic rings. The second-order valence-corrected chi connectivity index (χ2v) is 3.45. The Kier molecular flexibility index (Phi) is 4.30. The molecule has 6 nitrogen and oxygen atoms in total. The summed E-state index contributed by atoms with van der Waals surface area (Å²) in [6, 6.07) is -0.549. The molecule has 0 spiro atoms. The van der Waals surface area contributed by atoms with Crippen LogP contribution >= 0.6 is 11.6 Å². The number of carbonyl (C=O) groups is 1. The lowest BCUT2D eigenvalue weighted by Crippen LogP contribution is -2.28. The maximum Gasteiger partial charge on any atom is 0.328 e. The standard InChI is InChI=1S/C9H13ClN4O2/c1-3-16-8(15)5(2)13-7-6(10)4-12-9(11)14-7/h4-5H,3H2,1-2H3,(H3,11,12,13,14). The van der Waals surface area contributed by atoms with E-state index in [1.165, 1.54) is 6.20 Å². The van der Waals surface area contributed by atoms with Crippen LogP contribution < -0.4 is 11.1 Å². The van der Waals surface area contributed by atoms with Gasteiger partial charge in [-0.25, -0.2) is 9.78 Å². The Labute approximate surface area is 98.2 Å². The summed E-state index contributed by atoms with van der Waals surface area (Å²) in [4.78, 5) is 18.9. The third-order valence-electron chi connectivity index (χ3n) is 1.76. The van der Waals surface area contributed by atoms with Gasteiger partial charge in [-0.3, -0.25) is 0 Å². The van der Waals surface area contributed by atoms with E-state index in [1.54, 1.807) is 13.8 Å². The molecule has 7 heteroatoms. The van der Waals surface area contributed by atoms with Crippen LogP contribution in [0.4, 0.5) is 11.8 Å². The van der Waals surface area contributed by atoms with Gasteiger partial charge in [0.05, 0.1) is 12.8 Å². The van der Waals surface area contributed by atoms with Crippen LogP contribution in [0.25, 0.3) is 0 Å². The topological polar surface area (TPSA) is 90.1 Å². The predicted molar refractivity (Wildman–Crippen MR) is 61.2 cm³/mol. The van der Waals surface area contributed by atoms with Crippen molar-refractivity contribution in [2.75, 3.05) is 17.7 Å². The fourth-order valence-electron chi connectivity index (χ4n) is 1.01. The first-order valence-electron chi connectivity index (χ1n) is 4.75. The number of hydrogen-bond acceptors (Lipinski definition) is 6. The number of nitrogens with one attached hydrogen (secondary N) is 1. The Morgan fingerprint density at radius 3 is 3.06 bits per heavy atom. The number of ether oxygens (including phenoxy) is 1. The summed E-state index contributed by atoms with van der Waals surface area (Å²) in [6.07, 6.45) is 1.37. The summed E-state index contributed by atoms with van der Waals surface area (Å²) in [7, 11) is 0. The van der Waals surface area contributed by atoms with Crippen LogP contribution in [0.3, 0.4) is 0 Å². The molecule has 88 valence electrons. The summed E-state index contributed by atoms with van der Waals surface area (Å²) in [5.41, 5.74) is 5.40. The van der Waals surface area contributed by atoms with E-state index in [1.807, 2.05) is 0 Å². The quantitative estimate of drug-likeness (QED) is 0.770. The highest BCUT2D eigenvalue weighted by Gasteiger charge is 2.15. The maximum absolute atomic E-state index is 11.3. The van der Waals surface area contributed by atoms with Crippen LogP contribution in [-0.2, 0) is 9.53 Å². The zero-order valence-corrected chi connectivity index (χ0v) is 9.78. The lowest BCUT2D eigenvalue weighted by molar-refractivity contribution is -0.143. The lowest BCUT2D eigenvalue weighted by atomic mass is 10.3. The molecule has 0 saturated heterocycles. The molecule has 0 amide bonds. The average molecular weight is 245 g/mol. The SMILES string of the molecule is CCOC(=O)C(C)Nc1nc(N)ncc1Cl. The second kappa shape index (κ2) is 5.50. The Morgan fingerprint density at radius 1 is 1.75 bits per heavy atom. The van der Waals surface area contributed by atoms with Gasteiger partial charge in [-0.2, -0.15) is 4.98 Å². The maximum atomic E-state index is 11.3. The highest BCUT2D eigenvalue weighted by Crippen LogP contribution is 2.19. The smallest absolute Gasteiger partial charge is 0.328 e. The van der Waals surface area contributed by atoms with Crippen LogP contribution in [-0.4, -0.2) is 28.6 Å². The lowest BCUT2D eigenvalue weighted by Gasteiger charge is -2.13. The average Bonchev–Trinajstić information content (AvgIpc) is 2.23. The summed E-state index contributed by atoms with van der Waals surface area (Å²) in [5.74, 6) is 0.0217. The zero-order chi connectivity index (χ0) is 12.1. The summed E-state index contributed by atoms with van der Waals surface area (Å²) < 4.78 is 4.83. The zero-order valence-electron chi connectivity index (χ0n) is 9.03. The van der Waals surface area contributed by atoms with Crippen molar-refractivity contribution >= 4 is 29.3 Å². The van der Waals surface area contributed by atoms with Gasteiger partial charge in [0, 0.05) is 0 Å². The van der Waals surface area contributed by atoms with Crippen molar-refractivity contribution < 1.29 is 9.53 Å². The predicted octanol–water partition coefficient (Wildman–Crippen LogP) is 1.08. The molecular formula is C9H13ClN4O2. The molecule has 1 heterocycles. The number of nitrogens with two attached hydrogens (primary N) is 1. The van der Waals surface area contributed by atoms with E-state index >= 15 is 0 Å². The van der Waals surface area contributed by atoms with E-state index in [4.69, 9.17) is 22.1 Å². The van der Waals surface area contributed by atoms with Gasteiger partial charge in [-0.1, -0.05) is 11.6 Å². The molecule has 1 unspecified atom stereocenters. The van der Waals surface area contributed by atoms with Gasteiger partial charge >= 0.3 is 5.97 Å². The van der Waals surface area contributed by atoms with Crippen LogP contribution in [0, 0.1) is 0 Å². The number of anilines is 2. The Morgan fingerprint density at radius 2 is 2.44 bits per heavy atom. The van der Waals surface area contributed by atoms with Crippen molar-refractivity contribution in [1.29, 1.82) is 0 Å². The Bertz CT molecular complexity index is 386. The van der Waals surface area contributed by atoms with E-state index in [0.29, 0.717) is 17.4 Å². The molecule has 1 aromatic heterocycles. The van der Waals surface area contributed by atoms with Crippen LogP contribution in [0.2, 0.25) is 5.02 Å². The molecule has 0 aliphatic carbocycles. The minimum atomic E-state index is -0.549. The van der Waals surface area contributed by atoms with Crippen LogP contribution in [0.1, 0.15) is 13.8 Å². The molecule has 0 aromatic carbocycles. The second-order valence-electron chi connectivity index (χ2n) is 3.04. The molecular weight excluding hydrogens is 232 g/mol. The highest BCUT2D eigenvalue weighted by molar-refractivity contribution is 6.32. The van der Waals surface area contributed by atoms with Crippen LogP contribution in [0.5, 0.6) is 0 Å². The largest absolute Gasteiger partial charge is 0.464 e. The van der Waals surface area contributed by atoms with Crippen molar-refractivity contribution in [2.45, 2.75) is 19.9 Å². The number of rotatable bonds is 4. The molecule has 0 fully saturated rings. The molecule has 3 N–H and O–H groups in total. The number of nitrogens with zero attached hydrogens (tertiary/aromatic N) is 2. The first-order valence-corrected chi connectivity index (χ1v) is 5.13. The molecule has 0 bridgehead atoms. The number of esters is 1. The third-order valence-corrected chi connectivity index (χ3v) is 2.03. The van der Waals surface area contributed by atoms with Crippen molar-refractivity contribution in [2.24, 2.45) is 0 Å². The number of halogens is 1. The van der Waals surface area contributed by atoms with E-state index in [9.17, 15) is 4.79 Å². The molecule has 1 atom stereocenters. The van der Waals surface area contributed by atoms with Gasteiger partial charge in [-0.05, 0) is 13.8 Å². The summed E-state index contributed by atoms with van der Waals surface area (Å²) in [6.45, 7) is 3.71. The minimum absolute atomic E-state index is 0.0861. The van der Waals surface area contributed by atoms with Gasteiger partial charge in [0.1, 0.15) is 11.1 Å². The molecule has 0 saturated carbocycles. The third kappa shape index (κ3) is 3.23. The highest BCUT2D eigenvalue weighted by atomic mass is 35.5. The van der Waals surface area contributed by atoms with Crippen molar-refractivity contribution in [3.63, 3.8) is 0 Å². The van der Waals surface area contributed by atoms with Gasteiger partial charge in [0.25, 0.3) is 0 Å². The summed E-state index contributed by atoms with van der Waals surface area (Å²) in [5, 5.41) is 3.09. The molecule has 1 rings (SSSR count). The number of hydrogen-bond donors (Lipinski definition) is 2. The van der Waals surface area contributed by atoms with Gasteiger partial charge in [0.2, 0.25) is 5.95 Å². The number of carbonyl (C=O) groups excluding carboxylic acids is 1. The van der Waals surface area contributed by atoms with Crippen molar-refractivity contribution in [3.05, 3.63) is 11.2 Å². The molecule has 16 heavy (non-hydrogen) atoms. The molecule has 0 aliphatic heterocycles.